The first-order valence-corrected chi connectivity index (χ1v) is 7.60. The molecule has 19 heavy (non-hydrogen) atoms. The summed E-state index contributed by atoms with van der Waals surface area (Å²) in [5, 5.41) is 5.37. The molecule has 1 aliphatic heterocycles. The SMILES string of the molecule is CNCc1cc(N2CCc3sccc3C2C)ccn1. The number of nitrogens with one attached hydrogen (secondary N) is 1. The molecule has 0 fully saturated rings. The van der Waals surface area contributed by atoms with Gasteiger partial charge in [-0.15, -0.1) is 11.3 Å². The largest absolute Gasteiger partial charge is 0.364 e. The van der Waals surface area contributed by atoms with Gasteiger partial charge in [0.15, 0.2) is 0 Å². The normalized spacial score (nSPS) is 18.4. The molecule has 0 amide bonds. The van der Waals surface area contributed by atoms with Crippen LogP contribution in [0, 0.1) is 0 Å². The maximum atomic E-state index is 4.40. The quantitative estimate of drug-likeness (QED) is 0.932. The summed E-state index contributed by atoms with van der Waals surface area (Å²) in [6.45, 7) is 4.21. The molecule has 0 bridgehead atoms. The molecule has 3 heterocycles. The van der Waals surface area contributed by atoms with Gasteiger partial charge in [0, 0.05) is 29.9 Å². The van der Waals surface area contributed by atoms with Crippen molar-refractivity contribution in [2.24, 2.45) is 0 Å². The van der Waals surface area contributed by atoms with Crippen LogP contribution in [0.5, 0.6) is 0 Å². The minimum Gasteiger partial charge on any atom is -0.364 e. The van der Waals surface area contributed by atoms with E-state index in [2.05, 4.69) is 45.7 Å². The van der Waals surface area contributed by atoms with E-state index in [1.165, 1.54) is 11.3 Å². The van der Waals surface area contributed by atoms with E-state index >= 15 is 0 Å². The van der Waals surface area contributed by atoms with Crippen molar-refractivity contribution in [3.8, 4) is 0 Å². The van der Waals surface area contributed by atoms with E-state index < -0.39 is 0 Å². The second-order valence-corrected chi connectivity index (χ2v) is 5.95. The standard InChI is InChI=1S/C15H19N3S/c1-11-14-5-8-19-15(14)4-7-18(11)13-3-6-17-12(9-13)10-16-2/h3,5-6,8-9,11,16H,4,7,10H2,1-2H3. The molecule has 1 aliphatic rings. The van der Waals surface area contributed by atoms with Crippen LogP contribution < -0.4 is 10.2 Å². The zero-order valence-electron chi connectivity index (χ0n) is 11.4. The van der Waals surface area contributed by atoms with Crippen LogP contribution in [0.4, 0.5) is 5.69 Å². The molecule has 2 aromatic rings. The molecule has 100 valence electrons. The summed E-state index contributed by atoms with van der Waals surface area (Å²) in [7, 11) is 1.95. The van der Waals surface area contributed by atoms with Crippen molar-refractivity contribution in [2.45, 2.75) is 25.9 Å². The highest BCUT2D eigenvalue weighted by atomic mass is 32.1. The first-order valence-electron chi connectivity index (χ1n) is 6.72. The Morgan fingerprint density at radius 3 is 3.21 bits per heavy atom. The second-order valence-electron chi connectivity index (χ2n) is 4.95. The van der Waals surface area contributed by atoms with Crippen LogP contribution in [0.15, 0.2) is 29.8 Å². The maximum Gasteiger partial charge on any atom is 0.0562 e. The van der Waals surface area contributed by atoms with Crippen LogP contribution in [0.25, 0.3) is 0 Å². The molecule has 0 spiro atoms. The summed E-state index contributed by atoms with van der Waals surface area (Å²) in [5.74, 6) is 0. The van der Waals surface area contributed by atoms with Crippen molar-refractivity contribution < 1.29 is 0 Å². The average Bonchev–Trinajstić information content (AvgIpc) is 2.89. The lowest BCUT2D eigenvalue weighted by molar-refractivity contribution is 0.631. The van der Waals surface area contributed by atoms with Gasteiger partial charge < -0.3 is 10.2 Å². The molecule has 0 aliphatic carbocycles. The number of thiophene rings is 1. The summed E-state index contributed by atoms with van der Waals surface area (Å²) in [5.41, 5.74) is 3.87. The van der Waals surface area contributed by atoms with Gasteiger partial charge in [0.25, 0.3) is 0 Å². The van der Waals surface area contributed by atoms with Crippen LogP contribution in [-0.4, -0.2) is 18.6 Å². The lowest BCUT2D eigenvalue weighted by atomic mass is 10.0. The summed E-state index contributed by atoms with van der Waals surface area (Å²) in [6.07, 6.45) is 3.07. The van der Waals surface area contributed by atoms with Gasteiger partial charge >= 0.3 is 0 Å². The molecule has 1 unspecified atom stereocenters. The van der Waals surface area contributed by atoms with E-state index in [9.17, 15) is 0 Å². The topological polar surface area (TPSA) is 28.2 Å². The molecule has 0 saturated carbocycles. The summed E-state index contributed by atoms with van der Waals surface area (Å²) in [4.78, 5) is 8.43. The molecule has 1 N–H and O–H groups in total. The molecule has 3 rings (SSSR count). The van der Waals surface area contributed by atoms with Gasteiger partial charge in [-0.05, 0) is 49.5 Å². The smallest absolute Gasteiger partial charge is 0.0562 e. The van der Waals surface area contributed by atoms with Gasteiger partial charge in [-0.25, -0.2) is 0 Å². The number of pyridine rings is 1. The lowest BCUT2D eigenvalue weighted by Gasteiger charge is -2.35. The zero-order valence-corrected chi connectivity index (χ0v) is 12.2. The number of rotatable bonds is 3. The van der Waals surface area contributed by atoms with E-state index in [1.807, 2.05) is 24.6 Å². The molecule has 4 heteroatoms. The minimum atomic E-state index is 0.458. The highest BCUT2D eigenvalue weighted by Gasteiger charge is 2.24. The molecule has 0 saturated heterocycles. The number of hydrogen-bond acceptors (Lipinski definition) is 4. The second kappa shape index (κ2) is 5.31. The lowest BCUT2D eigenvalue weighted by Crippen LogP contribution is -2.33. The van der Waals surface area contributed by atoms with Gasteiger partial charge in [-0.2, -0.15) is 0 Å². The van der Waals surface area contributed by atoms with Crippen molar-refractivity contribution in [3.63, 3.8) is 0 Å². The average molecular weight is 273 g/mol. The number of hydrogen-bond donors (Lipinski definition) is 1. The van der Waals surface area contributed by atoms with E-state index in [-0.39, 0.29) is 0 Å². The van der Waals surface area contributed by atoms with Crippen molar-refractivity contribution in [1.82, 2.24) is 10.3 Å². The Balaban J connectivity index is 1.89. The van der Waals surface area contributed by atoms with Crippen molar-refractivity contribution in [1.29, 1.82) is 0 Å². The van der Waals surface area contributed by atoms with Gasteiger partial charge in [-0.1, -0.05) is 0 Å². The summed E-state index contributed by atoms with van der Waals surface area (Å²) in [6, 6.07) is 7.05. The number of anilines is 1. The molecule has 0 radical (unpaired) electrons. The summed E-state index contributed by atoms with van der Waals surface area (Å²) >= 11 is 1.89. The van der Waals surface area contributed by atoms with Crippen LogP contribution in [0.3, 0.4) is 0 Å². The van der Waals surface area contributed by atoms with Gasteiger partial charge in [-0.3, -0.25) is 4.98 Å². The Morgan fingerprint density at radius 1 is 1.47 bits per heavy atom. The first kappa shape index (κ1) is 12.6. The summed E-state index contributed by atoms with van der Waals surface area (Å²) < 4.78 is 0. The van der Waals surface area contributed by atoms with Gasteiger partial charge in [0.1, 0.15) is 0 Å². The third-order valence-electron chi connectivity index (χ3n) is 3.77. The zero-order chi connectivity index (χ0) is 13.2. The predicted octanol–water partition coefficient (Wildman–Crippen LogP) is 2.99. The minimum absolute atomic E-state index is 0.458. The molecule has 1 atom stereocenters. The molecule has 2 aromatic heterocycles. The number of fused-ring (bicyclic) bond motifs is 1. The highest BCUT2D eigenvalue weighted by Crippen LogP contribution is 2.35. The highest BCUT2D eigenvalue weighted by molar-refractivity contribution is 7.10. The van der Waals surface area contributed by atoms with E-state index in [4.69, 9.17) is 0 Å². The van der Waals surface area contributed by atoms with Crippen molar-refractivity contribution in [2.75, 3.05) is 18.5 Å². The van der Waals surface area contributed by atoms with Crippen LogP contribution in [0.1, 0.15) is 29.1 Å². The fourth-order valence-corrected chi connectivity index (χ4v) is 3.75. The Hall–Kier alpha value is -1.39. The Kier molecular flexibility index (Phi) is 3.53. The van der Waals surface area contributed by atoms with Gasteiger partial charge in [0.05, 0.1) is 11.7 Å². The van der Waals surface area contributed by atoms with E-state index in [1.54, 1.807) is 4.88 Å². The number of nitrogens with zero attached hydrogens (tertiary/aromatic N) is 2. The van der Waals surface area contributed by atoms with Crippen molar-refractivity contribution in [3.05, 3.63) is 45.9 Å². The third-order valence-corrected chi connectivity index (χ3v) is 4.76. The fourth-order valence-electron chi connectivity index (χ4n) is 2.78. The van der Waals surface area contributed by atoms with E-state index in [0.717, 1.165) is 25.2 Å². The fraction of sp³-hybridized carbons (Fsp3) is 0.400. The van der Waals surface area contributed by atoms with Crippen LogP contribution in [-0.2, 0) is 13.0 Å². The third kappa shape index (κ3) is 2.38. The first-order chi connectivity index (χ1) is 9.29. The van der Waals surface area contributed by atoms with Crippen LogP contribution >= 0.6 is 11.3 Å². The van der Waals surface area contributed by atoms with Gasteiger partial charge in [0.2, 0.25) is 0 Å². The predicted molar refractivity (Wildman–Crippen MR) is 80.8 cm³/mol. The maximum absolute atomic E-state index is 4.40. The van der Waals surface area contributed by atoms with Crippen molar-refractivity contribution >= 4 is 17.0 Å². The number of aromatic nitrogens is 1. The molecular weight excluding hydrogens is 254 g/mol. The molecule has 0 aromatic carbocycles. The molecular formula is C15H19N3S. The monoisotopic (exact) mass is 273 g/mol. The van der Waals surface area contributed by atoms with E-state index in [0.29, 0.717) is 6.04 Å². The Morgan fingerprint density at radius 2 is 2.37 bits per heavy atom. The Labute approximate surface area is 118 Å². The Bertz CT molecular complexity index is 564. The molecule has 3 nitrogen and oxygen atoms in total. The van der Waals surface area contributed by atoms with Crippen LogP contribution in [0.2, 0.25) is 0 Å².